The summed E-state index contributed by atoms with van der Waals surface area (Å²) in [5.41, 5.74) is 0.608. The lowest BCUT2D eigenvalue weighted by atomic mass is 9.67. The number of thioether (sulfide) groups is 1. The van der Waals surface area contributed by atoms with E-state index in [1.54, 1.807) is 0 Å². The molecule has 2 heteroatoms. The maximum Gasteiger partial charge on any atom is 0.00719 e. The number of hydrogen-bond donors (Lipinski definition) is 1. The van der Waals surface area contributed by atoms with Crippen molar-refractivity contribution in [2.24, 2.45) is 11.3 Å². The van der Waals surface area contributed by atoms with E-state index in [0.717, 1.165) is 12.5 Å². The predicted octanol–water partition coefficient (Wildman–Crippen LogP) is 4.58. The second-order valence-electron chi connectivity index (χ2n) is 6.29. The van der Waals surface area contributed by atoms with Gasteiger partial charge in [0, 0.05) is 11.4 Å². The van der Waals surface area contributed by atoms with Crippen molar-refractivity contribution in [1.29, 1.82) is 0 Å². The van der Waals surface area contributed by atoms with Gasteiger partial charge in [0.05, 0.1) is 0 Å². The van der Waals surface area contributed by atoms with Gasteiger partial charge in [-0.05, 0) is 55.0 Å². The molecule has 106 valence electrons. The van der Waals surface area contributed by atoms with Gasteiger partial charge in [-0.1, -0.05) is 38.5 Å². The fourth-order valence-corrected chi connectivity index (χ4v) is 3.84. The zero-order chi connectivity index (χ0) is 13.6. The summed E-state index contributed by atoms with van der Waals surface area (Å²) in [5, 5.41) is 3.67. The van der Waals surface area contributed by atoms with Crippen molar-refractivity contribution in [3.63, 3.8) is 0 Å². The quantitative estimate of drug-likeness (QED) is 0.698. The van der Waals surface area contributed by atoms with Crippen LogP contribution in [0.4, 0.5) is 0 Å². The van der Waals surface area contributed by atoms with Gasteiger partial charge in [0.15, 0.2) is 0 Å². The van der Waals surface area contributed by atoms with Crippen LogP contribution in [0.15, 0.2) is 35.2 Å². The first-order chi connectivity index (χ1) is 9.20. The Morgan fingerprint density at radius 2 is 1.95 bits per heavy atom. The van der Waals surface area contributed by atoms with Crippen molar-refractivity contribution in [1.82, 2.24) is 5.32 Å². The maximum absolute atomic E-state index is 3.67. The zero-order valence-corrected chi connectivity index (χ0v) is 13.1. The van der Waals surface area contributed by atoms with Gasteiger partial charge in [0.25, 0.3) is 0 Å². The van der Waals surface area contributed by atoms with E-state index in [4.69, 9.17) is 0 Å². The van der Waals surface area contributed by atoms with Crippen molar-refractivity contribution in [3.05, 3.63) is 30.3 Å². The molecule has 0 unspecified atom stereocenters. The van der Waals surface area contributed by atoms with E-state index in [1.165, 1.54) is 42.9 Å². The van der Waals surface area contributed by atoms with E-state index in [2.05, 4.69) is 49.5 Å². The lowest BCUT2D eigenvalue weighted by molar-refractivity contribution is 0.125. The molecule has 0 bridgehead atoms. The topological polar surface area (TPSA) is 12.0 Å². The predicted molar refractivity (Wildman–Crippen MR) is 85.8 cm³/mol. The molecule has 1 saturated carbocycles. The first kappa shape index (κ1) is 14.9. The minimum atomic E-state index is 0.608. The maximum atomic E-state index is 3.67. The third-order valence-electron chi connectivity index (χ3n) is 4.11. The van der Waals surface area contributed by atoms with Crippen molar-refractivity contribution >= 4 is 11.8 Å². The summed E-state index contributed by atoms with van der Waals surface area (Å²) >= 11 is 2.01. The molecule has 0 amide bonds. The van der Waals surface area contributed by atoms with Crippen LogP contribution < -0.4 is 5.32 Å². The highest BCUT2D eigenvalue weighted by Gasteiger charge is 2.35. The van der Waals surface area contributed by atoms with E-state index in [1.807, 2.05) is 11.8 Å². The van der Waals surface area contributed by atoms with Crippen molar-refractivity contribution in [2.75, 3.05) is 18.8 Å². The van der Waals surface area contributed by atoms with Crippen LogP contribution in [0.25, 0.3) is 0 Å². The summed E-state index contributed by atoms with van der Waals surface area (Å²) in [6.45, 7) is 6.95. The molecular formula is C17H27NS. The third kappa shape index (κ3) is 4.85. The van der Waals surface area contributed by atoms with Gasteiger partial charge < -0.3 is 5.32 Å². The molecule has 1 nitrogen and oxygen atoms in total. The lowest BCUT2D eigenvalue weighted by Crippen LogP contribution is -2.41. The Morgan fingerprint density at radius 1 is 1.21 bits per heavy atom. The second-order valence-corrected chi connectivity index (χ2v) is 7.46. The minimum absolute atomic E-state index is 0.608. The standard InChI is InChI=1S/C17H27NS/c1-15(2)13-18-14-17(9-6-10-17)11-12-19-16-7-4-3-5-8-16/h3-5,7-8,15,18H,6,9-14H2,1-2H3. The minimum Gasteiger partial charge on any atom is -0.316 e. The molecule has 0 atom stereocenters. The lowest BCUT2D eigenvalue weighted by Gasteiger charge is -2.42. The fraction of sp³-hybridized carbons (Fsp3) is 0.647. The molecule has 0 aromatic heterocycles. The van der Waals surface area contributed by atoms with Crippen LogP contribution in [0, 0.1) is 11.3 Å². The molecule has 1 N–H and O–H groups in total. The molecule has 1 aliphatic rings. The Bertz CT molecular complexity index is 357. The van der Waals surface area contributed by atoms with Crippen LogP contribution in [0.1, 0.15) is 39.5 Å². The molecule has 0 radical (unpaired) electrons. The van der Waals surface area contributed by atoms with E-state index >= 15 is 0 Å². The molecule has 1 aromatic carbocycles. The van der Waals surface area contributed by atoms with Gasteiger partial charge in [-0.2, -0.15) is 0 Å². The van der Waals surface area contributed by atoms with Gasteiger partial charge in [-0.15, -0.1) is 11.8 Å². The molecule has 1 aliphatic carbocycles. The first-order valence-electron chi connectivity index (χ1n) is 7.59. The van der Waals surface area contributed by atoms with Crippen molar-refractivity contribution < 1.29 is 0 Å². The molecular weight excluding hydrogens is 250 g/mol. The average molecular weight is 277 g/mol. The Kier molecular flexibility index (Phi) is 5.77. The van der Waals surface area contributed by atoms with Gasteiger partial charge in [0.1, 0.15) is 0 Å². The highest BCUT2D eigenvalue weighted by molar-refractivity contribution is 7.99. The van der Waals surface area contributed by atoms with Crippen molar-refractivity contribution in [3.8, 4) is 0 Å². The molecule has 19 heavy (non-hydrogen) atoms. The van der Waals surface area contributed by atoms with E-state index in [0.29, 0.717) is 5.41 Å². The summed E-state index contributed by atoms with van der Waals surface area (Å²) in [4.78, 5) is 1.41. The van der Waals surface area contributed by atoms with Gasteiger partial charge in [-0.3, -0.25) is 0 Å². The molecule has 2 rings (SSSR count). The Morgan fingerprint density at radius 3 is 2.53 bits per heavy atom. The SMILES string of the molecule is CC(C)CNCC1(CCSc2ccccc2)CCC1. The summed E-state index contributed by atoms with van der Waals surface area (Å²) < 4.78 is 0. The highest BCUT2D eigenvalue weighted by atomic mass is 32.2. The first-order valence-corrected chi connectivity index (χ1v) is 8.57. The van der Waals surface area contributed by atoms with E-state index in [-0.39, 0.29) is 0 Å². The fourth-order valence-electron chi connectivity index (χ4n) is 2.72. The normalized spacial score (nSPS) is 17.4. The summed E-state index contributed by atoms with van der Waals surface area (Å²) in [5.74, 6) is 2.02. The molecule has 0 spiro atoms. The number of rotatable bonds is 8. The van der Waals surface area contributed by atoms with Gasteiger partial charge >= 0.3 is 0 Å². The van der Waals surface area contributed by atoms with Gasteiger partial charge in [-0.25, -0.2) is 0 Å². The smallest absolute Gasteiger partial charge is 0.00719 e. The molecule has 1 aromatic rings. The Hall–Kier alpha value is -0.470. The van der Waals surface area contributed by atoms with Crippen LogP contribution >= 0.6 is 11.8 Å². The van der Waals surface area contributed by atoms with Crippen molar-refractivity contribution in [2.45, 2.75) is 44.4 Å². The van der Waals surface area contributed by atoms with Crippen LogP contribution in [-0.2, 0) is 0 Å². The van der Waals surface area contributed by atoms with Gasteiger partial charge in [0.2, 0.25) is 0 Å². The van der Waals surface area contributed by atoms with Crippen LogP contribution in [0.2, 0.25) is 0 Å². The highest BCUT2D eigenvalue weighted by Crippen LogP contribution is 2.44. The molecule has 0 saturated heterocycles. The zero-order valence-electron chi connectivity index (χ0n) is 12.3. The molecule has 0 aliphatic heterocycles. The monoisotopic (exact) mass is 277 g/mol. The third-order valence-corrected chi connectivity index (χ3v) is 5.12. The summed E-state index contributed by atoms with van der Waals surface area (Å²) in [7, 11) is 0. The van der Waals surface area contributed by atoms with Crippen LogP contribution in [0.3, 0.4) is 0 Å². The Labute approximate surface area is 122 Å². The summed E-state index contributed by atoms with van der Waals surface area (Å²) in [6.07, 6.45) is 5.64. The number of benzene rings is 1. The average Bonchev–Trinajstić information content (AvgIpc) is 2.36. The summed E-state index contributed by atoms with van der Waals surface area (Å²) in [6, 6.07) is 10.8. The van der Waals surface area contributed by atoms with E-state index < -0.39 is 0 Å². The number of hydrogen-bond acceptors (Lipinski definition) is 2. The van der Waals surface area contributed by atoms with Crippen LogP contribution in [0.5, 0.6) is 0 Å². The largest absolute Gasteiger partial charge is 0.316 e. The molecule has 0 heterocycles. The van der Waals surface area contributed by atoms with E-state index in [9.17, 15) is 0 Å². The second kappa shape index (κ2) is 7.35. The molecule has 1 fully saturated rings. The Balaban J connectivity index is 1.70. The number of nitrogens with one attached hydrogen (secondary N) is 1. The van der Waals surface area contributed by atoms with Crippen LogP contribution in [-0.4, -0.2) is 18.8 Å².